The maximum absolute atomic E-state index is 5.98. The molecule has 5 aromatic rings. The first-order chi connectivity index (χ1) is 10.9. The first-order valence-electron chi connectivity index (χ1n) is 7.38. The number of aromatic nitrogens is 1. The third-order valence-electron chi connectivity index (χ3n) is 4.22. The quantitative estimate of drug-likeness (QED) is 0.418. The van der Waals surface area contributed by atoms with Crippen molar-refractivity contribution < 1.29 is 4.42 Å². The highest BCUT2D eigenvalue weighted by atomic mass is 16.3. The van der Waals surface area contributed by atoms with Gasteiger partial charge in [-0.25, -0.2) is 0 Å². The van der Waals surface area contributed by atoms with E-state index < -0.39 is 0 Å². The van der Waals surface area contributed by atoms with Gasteiger partial charge >= 0.3 is 0 Å². The molecule has 0 spiro atoms. The molecule has 0 saturated heterocycles. The zero-order valence-electron chi connectivity index (χ0n) is 11.8. The second kappa shape index (κ2) is 4.25. The van der Waals surface area contributed by atoms with Crippen LogP contribution in [0.3, 0.4) is 0 Å². The van der Waals surface area contributed by atoms with Gasteiger partial charge in [0, 0.05) is 32.8 Å². The van der Waals surface area contributed by atoms with Crippen molar-refractivity contribution in [3.05, 3.63) is 72.8 Å². The molecule has 2 heterocycles. The second-order valence-corrected chi connectivity index (χ2v) is 5.58. The fourth-order valence-corrected chi connectivity index (χ4v) is 3.13. The summed E-state index contributed by atoms with van der Waals surface area (Å²) in [4.78, 5) is 3.45. The van der Waals surface area contributed by atoms with Gasteiger partial charge in [0.25, 0.3) is 0 Å². The SMILES string of the molecule is c1ccc2oc(-c3ccc4[nH]c5ccccc5c4c3)cc2c1. The lowest BCUT2D eigenvalue weighted by atomic mass is 10.1. The standard InChI is InChI=1S/C20H13NO/c1-4-8-19-13(5-1)12-20(22-19)14-9-10-18-16(11-14)15-6-2-3-7-17(15)21-18/h1-12,21H. The Morgan fingerprint density at radius 3 is 2.45 bits per heavy atom. The zero-order chi connectivity index (χ0) is 14.5. The van der Waals surface area contributed by atoms with E-state index in [1.807, 2.05) is 18.2 Å². The summed E-state index contributed by atoms with van der Waals surface area (Å²) in [6.45, 7) is 0. The van der Waals surface area contributed by atoms with Gasteiger partial charge in [-0.2, -0.15) is 0 Å². The van der Waals surface area contributed by atoms with Crippen LogP contribution >= 0.6 is 0 Å². The molecular weight excluding hydrogens is 270 g/mol. The summed E-state index contributed by atoms with van der Waals surface area (Å²) in [7, 11) is 0. The number of furan rings is 1. The van der Waals surface area contributed by atoms with E-state index in [0.29, 0.717) is 0 Å². The highest BCUT2D eigenvalue weighted by Crippen LogP contribution is 2.32. The molecule has 0 fully saturated rings. The maximum atomic E-state index is 5.98. The van der Waals surface area contributed by atoms with E-state index in [1.54, 1.807) is 0 Å². The number of hydrogen-bond acceptors (Lipinski definition) is 1. The van der Waals surface area contributed by atoms with Crippen molar-refractivity contribution in [2.75, 3.05) is 0 Å². The average Bonchev–Trinajstić information content (AvgIpc) is 3.15. The van der Waals surface area contributed by atoms with Crippen molar-refractivity contribution in [1.82, 2.24) is 4.98 Å². The van der Waals surface area contributed by atoms with Crippen LogP contribution < -0.4 is 0 Å². The molecule has 0 aliphatic rings. The highest BCUT2D eigenvalue weighted by Gasteiger charge is 2.09. The predicted octanol–water partition coefficient (Wildman–Crippen LogP) is 5.73. The van der Waals surface area contributed by atoms with E-state index in [4.69, 9.17) is 4.42 Å². The van der Waals surface area contributed by atoms with Crippen LogP contribution in [0.2, 0.25) is 0 Å². The van der Waals surface area contributed by atoms with Gasteiger partial charge in [0.15, 0.2) is 0 Å². The van der Waals surface area contributed by atoms with Gasteiger partial charge in [0.2, 0.25) is 0 Å². The molecule has 0 aliphatic carbocycles. The predicted molar refractivity (Wildman–Crippen MR) is 91.0 cm³/mol. The minimum Gasteiger partial charge on any atom is -0.456 e. The number of fused-ring (bicyclic) bond motifs is 4. The van der Waals surface area contributed by atoms with E-state index >= 15 is 0 Å². The van der Waals surface area contributed by atoms with Gasteiger partial charge in [0.1, 0.15) is 11.3 Å². The number of aromatic amines is 1. The summed E-state index contributed by atoms with van der Waals surface area (Å²) < 4.78 is 5.98. The van der Waals surface area contributed by atoms with Crippen LogP contribution in [0.1, 0.15) is 0 Å². The Bertz CT molecular complexity index is 1100. The lowest BCUT2D eigenvalue weighted by Gasteiger charge is -1.97. The molecule has 104 valence electrons. The van der Waals surface area contributed by atoms with Crippen molar-refractivity contribution in [3.63, 3.8) is 0 Å². The summed E-state index contributed by atoms with van der Waals surface area (Å²) in [5.41, 5.74) is 4.35. The van der Waals surface area contributed by atoms with Crippen LogP contribution in [0.15, 0.2) is 77.2 Å². The fourth-order valence-electron chi connectivity index (χ4n) is 3.13. The number of H-pyrrole nitrogens is 1. The van der Waals surface area contributed by atoms with Gasteiger partial charge in [-0.3, -0.25) is 0 Å². The Morgan fingerprint density at radius 2 is 1.50 bits per heavy atom. The Morgan fingerprint density at radius 1 is 0.682 bits per heavy atom. The average molecular weight is 283 g/mol. The van der Waals surface area contributed by atoms with E-state index in [-0.39, 0.29) is 0 Å². The first-order valence-corrected chi connectivity index (χ1v) is 7.38. The van der Waals surface area contributed by atoms with E-state index in [0.717, 1.165) is 27.8 Å². The molecule has 3 aromatic carbocycles. The van der Waals surface area contributed by atoms with Crippen LogP contribution in [0.4, 0.5) is 0 Å². The third kappa shape index (κ3) is 1.61. The molecule has 0 atom stereocenters. The normalized spacial score (nSPS) is 11.6. The van der Waals surface area contributed by atoms with Crippen molar-refractivity contribution in [2.24, 2.45) is 0 Å². The van der Waals surface area contributed by atoms with Gasteiger partial charge in [0.05, 0.1) is 0 Å². The molecule has 2 aromatic heterocycles. The number of rotatable bonds is 1. The summed E-state index contributed by atoms with van der Waals surface area (Å²) >= 11 is 0. The molecule has 0 aliphatic heterocycles. The lowest BCUT2D eigenvalue weighted by Crippen LogP contribution is -1.74. The van der Waals surface area contributed by atoms with Crippen LogP contribution in [0.5, 0.6) is 0 Å². The van der Waals surface area contributed by atoms with Gasteiger partial charge < -0.3 is 9.40 Å². The Kier molecular flexibility index (Phi) is 2.25. The third-order valence-corrected chi connectivity index (χ3v) is 4.22. The number of para-hydroxylation sites is 2. The molecular formula is C20H13NO. The Labute approximate surface area is 127 Å². The van der Waals surface area contributed by atoms with E-state index in [9.17, 15) is 0 Å². The topological polar surface area (TPSA) is 28.9 Å². The molecule has 0 saturated carbocycles. The van der Waals surface area contributed by atoms with Gasteiger partial charge in [-0.05, 0) is 36.4 Å². The molecule has 2 nitrogen and oxygen atoms in total. The monoisotopic (exact) mass is 283 g/mol. The second-order valence-electron chi connectivity index (χ2n) is 5.58. The fraction of sp³-hybridized carbons (Fsp3) is 0. The van der Waals surface area contributed by atoms with Crippen molar-refractivity contribution >= 4 is 32.8 Å². The lowest BCUT2D eigenvalue weighted by molar-refractivity contribution is 0.631. The van der Waals surface area contributed by atoms with Gasteiger partial charge in [-0.15, -0.1) is 0 Å². The Hall–Kier alpha value is -3.00. The molecule has 0 amide bonds. The smallest absolute Gasteiger partial charge is 0.135 e. The van der Waals surface area contributed by atoms with Crippen molar-refractivity contribution in [1.29, 1.82) is 0 Å². The minimum atomic E-state index is 0.911. The van der Waals surface area contributed by atoms with Crippen LogP contribution in [0, 0.1) is 0 Å². The van der Waals surface area contributed by atoms with Crippen LogP contribution in [0.25, 0.3) is 44.1 Å². The summed E-state index contributed by atoms with van der Waals surface area (Å²) in [6, 6.07) is 25.0. The maximum Gasteiger partial charge on any atom is 0.135 e. The molecule has 22 heavy (non-hydrogen) atoms. The molecule has 1 N–H and O–H groups in total. The highest BCUT2D eigenvalue weighted by molar-refractivity contribution is 6.08. The van der Waals surface area contributed by atoms with Crippen molar-refractivity contribution in [3.8, 4) is 11.3 Å². The molecule has 5 rings (SSSR count). The van der Waals surface area contributed by atoms with Crippen LogP contribution in [-0.2, 0) is 0 Å². The zero-order valence-corrected chi connectivity index (χ0v) is 11.8. The molecule has 0 unspecified atom stereocenters. The molecule has 0 radical (unpaired) electrons. The molecule has 0 bridgehead atoms. The minimum absolute atomic E-state index is 0.911. The summed E-state index contributed by atoms with van der Waals surface area (Å²) in [6.07, 6.45) is 0. The van der Waals surface area contributed by atoms with Gasteiger partial charge in [-0.1, -0.05) is 36.4 Å². The summed E-state index contributed by atoms with van der Waals surface area (Å²) in [5, 5.41) is 3.61. The van der Waals surface area contributed by atoms with Crippen LogP contribution in [-0.4, -0.2) is 4.98 Å². The largest absolute Gasteiger partial charge is 0.456 e. The number of benzene rings is 3. The van der Waals surface area contributed by atoms with Crippen molar-refractivity contribution in [2.45, 2.75) is 0 Å². The van der Waals surface area contributed by atoms with E-state index in [1.165, 1.54) is 16.3 Å². The Balaban J connectivity index is 1.78. The number of hydrogen-bond donors (Lipinski definition) is 1. The molecule has 2 heteroatoms. The first kappa shape index (κ1) is 11.6. The number of nitrogens with one attached hydrogen (secondary N) is 1. The summed E-state index contributed by atoms with van der Waals surface area (Å²) in [5.74, 6) is 0.911. The van der Waals surface area contributed by atoms with E-state index in [2.05, 4.69) is 59.6 Å².